The number of rotatable bonds is 2. The summed E-state index contributed by atoms with van der Waals surface area (Å²) in [6, 6.07) is 6.31. The van der Waals surface area contributed by atoms with Crippen LogP contribution in [0.4, 0.5) is 11.6 Å². The van der Waals surface area contributed by atoms with Gasteiger partial charge in [-0.05, 0) is 12.1 Å². The Balaban J connectivity index is 1.75. The zero-order valence-electron chi connectivity index (χ0n) is 10.6. The summed E-state index contributed by atoms with van der Waals surface area (Å²) in [6.45, 7) is 7.67. The molecule has 5 heteroatoms. The van der Waals surface area contributed by atoms with E-state index in [0.717, 1.165) is 64.1 Å². The summed E-state index contributed by atoms with van der Waals surface area (Å²) in [4.78, 5) is 9.44. The minimum atomic E-state index is 0.805. The van der Waals surface area contributed by atoms with Gasteiger partial charge in [-0.3, -0.25) is 0 Å². The van der Waals surface area contributed by atoms with Gasteiger partial charge in [-0.25, -0.2) is 4.98 Å². The maximum absolute atomic E-state index is 5.38. The van der Waals surface area contributed by atoms with Gasteiger partial charge >= 0.3 is 0 Å². The Bertz CT molecular complexity index is 353. The van der Waals surface area contributed by atoms with Crippen molar-refractivity contribution in [3.05, 3.63) is 18.2 Å². The summed E-state index contributed by atoms with van der Waals surface area (Å²) < 4.78 is 5.38. The van der Waals surface area contributed by atoms with Crippen LogP contribution in [0.15, 0.2) is 18.2 Å². The third-order valence-corrected chi connectivity index (χ3v) is 3.50. The lowest BCUT2D eigenvalue weighted by molar-refractivity contribution is 0.122. The van der Waals surface area contributed by atoms with Gasteiger partial charge in [0.1, 0.15) is 11.6 Å². The van der Waals surface area contributed by atoms with Gasteiger partial charge in [0.15, 0.2) is 0 Å². The molecule has 0 bridgehead atoms. The van der Waals surface area contributed by atoms with Crippen molar-refractivity contribution < 1.29 is 4.74 Å². The molecule has 1 aromatic rings. The predicted molar refractivity (Wildman–Crippen MR) is 72.4 cm³/mol. The largest absolute Gasteiger partial charge is 0.378 e. The molecule has 0 aliphatic carbocycles. The zero-order chi connectivity index (χ0) is 12.2. The molecule has 0 amide bonds. The number of nitrogens with zero attached hydrogens (tertiary/aromatic N) is 3. The first-order valence-electron chi connectivity index (χ1n) is 6.69. The molecule has 98 valence electrons. The Morgan fingerprint density at radius 3 is 2.22 bits per heavy atom. The quantitative estimate of drug-likeness (QED) is 0.816. The van der Waals surface area contributed by atoms with Gasteiger partial charge in [0.25, 0.3) is 0 Å². The standard InChI is InChI=1S/C13H20N4O/c1-2-12(16-6-4-14-5-7-16)15-13(3-1)17-8-10-18-11-9-17/h1-3,14H,4-11H2. The summed E-state index contributed by atoms with van der Waals surface area (Å²) in [6.07, 6.45) is 0. The number of hydrogen-bond donors (Lipinski definition) is 1. The molecule has 2 fully saturated rings. The summed E-state index contributed by atoms with van der Waals surface area (Å²) >= 11 is 0. The van der Waals surface area contributed by atoms with Crippen LogP contribution in [0.25, 0.3) is 0 Å². The fraction of sp³-hybridized carbons (Fsp3) is 0.615. The van der Waals surface area contributed by atoms with E-state index in [1.54, 1.807) is 0 Å². The van der Waals surface area contributed by atoms with E-state index in [1.165, 1.54) is 0 Å². The number of aromatic nitrogens is 1. The molecule has 2 aliphatic rings. The maximum atomic E-state index is 5.38. The number of pyridine rings is 1. The highest BCUT2D eigenvalue weighted by molar-refractivity contribution is 5.49. The van der Waals surface area contributed by atoms with Crippen LogP contribution in [0.2, 0.25) is 0 Å². The van der Waals surface area contributed by atoms with Crippen molar-refractivity contribution >= 4 is 11.6 Å². The van der Waals surface area contributed by atoms with E-state index in [4.69, 9.17) is 9.72 Å². The Morgan fingerprint density at radius 2 is 1.56 bits per heavy atom. The van der Waals surface area contributed by atoms with Crippen molar-refractivity contribution in [2.75, 3.05) is 62.3 Å². The molecule has 18 heavy (non-hydrogen) atoms. The van der Waals surface area contributed by atoms with Crippen molar-refractivity contribution in [2.24, 2.45) is 0 Å². The van der Waals surface area contributed by atoms with Crippen LogP contribution in [0, 0.1) is 0 Å². The van der Waals surface area contributed by atoms with Crippen LogP contribution in [-0.2, 0) is 4.74 Å². The molecule has 1 N–H and O–H groups in total. The molecule has 3 rings (SSSR count). The van der Waals surface area contributed by atoms with Gasteiger partial charge in [-0.2, -0.15) is 0 Å². The third kappa shape index (κ3) is 2.57. The van der Waals surface area contributed by atoms with Crippen molar-refractivity contribution in [1.29, 1.82) is 0 Å². The molecule has 0 unspecified atom stereocenters. The van der Waals surface area contributed by atoms with Crippen LogP contribution in [0.1, 0.15) is 0 Å². The molecule has 0 saturated carbocycles. The summed E-state index contributed by atoms with van der Waals surface area (Å²) in [7, 11) is 0. The van der Waals surface area contributed by atoms with E-state index in [0.29, 0.717) is 0 Å². The highest BCUT2D eigenvalue weighted by Crippen LogP contribution is 2.18. The lowest BCUT2D eigenvalue weighted by Gasteiger charge is -2.31. The maximum Gasteiger partial charge on any atom is 0.131 e. The minimum Gasteiger partial charge on any atom is -0.378 e. The molecule has 2 saturated heterocycles. The highest BCUT2D eigenvalue weighted by Gasteiger charge is 2.15. The van der Waals surface area contributed by atoms with Gasteiger partial charge < -0.3 is 19.9 Å². The fourth-order valence-corrected chi connectivity index (χ4v) is 2.45. The van der Waals surface area contributed by atoms with Crippen LogP contribution in [0.3, 0.4) is 0 Å². The van der Waals surface area contributed by atoms with Crippen LogP contribution >= 0.6 is 0 Å². The second-order valence-electron chi connectivity index (χ2n) is 4.69. The molecule has 0 radical (unpaired) electrons. The average molecular weight is 248 g/mol. The van der Waals surface area contributed by atoms with E-state index < -0.39 is 0 Å². The number of ether oxygens (including phenoxy) is 1. The minimum absolute atomic E-state index is 0.805. The molecular weight excluding hydrogens is 228 g/mol. The fourth-order valence-electron chi connectivity index (χ4n) is 2.45. The highest BCUT2D eigenvalue weighted by atomic mass is 16.5. The molecule has 2 aliphatic heterocycles. The summed E-state index contributed by atoms with van der Waals surface area (Å²) in [5, 5.41) is 3.37. The Kier molecular flexibility index (Phi) is 3.61. The first-order valence-corrected chi connectivity index (χ1v) is 6.69. The number of piperazine rings is 1. The van der Waals surface area contributed by atoms with Crippen molar-refractivity contribution in [3.63, 3.8) is 0 Å². The summed E-state index contributed by atoms with van der Waals surface area (Å²) in [5.74, 6) is 2.18. The lowest BCUT2D eigenvalue weighted by Crippen LogP contribution is -2.44. The van der Waals surface area contributed by atoms with Gasteiger partial charge in [0, 0.05) is 39.3 Å². The van der Waals surface area contributed by atoms with Gasteiger partial charge in [0.05, 0.1) is 13.2 Å². The van der Waals surface area contributed by atoms with Gasteiger partial charge in [-0.15, -0.1) is 0 Å². The number of nitrogens with one attached hydrogen (secondary N) is 1. The van der Waals surface area contributed by atoms with Crippen LogP contribution in [-0.4, -0.2) is 57.5 Å². The van der Waals surface area contributed by atoms with Gasteiger partial charge in [-0.1, -0.05) is 6.07 Å². The molecular formula is C13H20N4O. The van der Waals surface area contributed by atoms with Crippen LogP contribution < -0.4 is 15.1 Å². The van der Waals surface area contributed by atoms with E-state index >= 15 is 0 Å². The number of morpholine rings is 1. The smallest absolute Gasteiger partial charge is 0.131 e. The van der Waals surface area contributed by atoms with Crippen LogP contribution in [0.5, 0.6) is 0 Å². The predicted octanol–water partition coefficient (Wildman–Crippen LogP) is 0.328. The van der Waals surface area contributed by atoms with E-state index in [9.17, 15) is 0 Å². The molecule has 0 aromatic carbocycles. The number of anilines is 2. The number of hydrogen-bond acceptors (Lipinski definition) is 5. The molecule has 1 aromatic heterocycles. The zero-order valence-corrected chi connectivity index (χ0v) is 10.6. The molecule has 0 atom stereocenters. The molecule has 5 nitrogen and oxygen atoms in total. The van der Waals surface area contributed by atoms with E-state index in [2.05, 4.69) is 33.3 Å². The Hall–Kier alpha value is -1.33. The third-order valence-electron chi connectivity index (χ3n) is 3.50. The average Bonchev–Trinajstić information content (AvgIpc) is 2.49. The Labute approximate surface area is 108 Å². The van der Waals surface area contributed by atoms with Gasteiger partial charge in [0.2, 0.25) is 0 Å². The second-order valence-corrected chi connectivity index (χ2v) is 4.69. The molecule has 0 spiro atoms. The summed E-state index contributed by atoms with van der Waals surface area (Å²) in [5.41, 5.74) is 0. The topological polar surface area (TPSA) is 40.6 Å². The van der Waals surface area contributed by atoms with Crippen molar-refractivity contribution in [2.45, 2.75) is 0 Å². The Morgan fingerprint density at radius 1 is 0.944 bits per heavy atom. The second kappa shape index (κ2) is 5.54. The lowest BCUT2D eigenvalue weighted by atomic mass is 10.3. The SMILES string of the molecule is c1cc(N2CCNCC2)nc(N2CCOCC2)c1. The first-order chi connectivity index (χ1) is 8.93. The van der Waals surface area contributed by atoms with Crippen molar-refractivity contribution in [1.82, 2.24) is 10.3 Å². The van der Waals surface area contributed by atoms with E-state index in [1.807, 2.05) is 0 Å². The first kappa shape index (κ1) is 11.7. The van der Waals surface area contributed by atoms with E-state index in [-0.39, 0.29) is 0 Å². The monoisotopic (exact) mass is 248 g/mol. The normalized spacial score (nSPS) is 21.1. The van der Waals surface area contributed by atoms with Crippen molar-refractivity contribution in [3.8, 4) is 0 Å². The molecule has 3 heterocycles.